The molecule has 5 heteroatoms. The molecule has 15 heavy (non-hydrogen) atoms. The number of allylic oxidation sites excluding steroid dienone is 1. The van der Waals surface area contributed by atoms with Crippen LogP contribution in [-0.2, 0) is 0 Å². The van der Waals surface area contributed by atoms with Gasteiger partial charge in [-0.1, -0.05) is 12.2 Å². The van der Waals surface area contributed by atoms with E-state index in [2.05, 4.69) is 28.3 Å². The number of aliphatic hydroxyl groups is 1. The molecule has 0 heterocycles. The van der Waals surface area contributed by atoms with E-state index in [4.69, 9.17) is 17.3 Å². The van der Waals surface area contributed by atoms with Crippen LogP contribution in [0, 0.1) is 11.8 Å². The second-order valence-electron chi connectivity index (χ2n) is 4.14. The van der Waals surface area contributed by atoms with E-state index in [1.807, 2.05) is 0 Å². The normalized spacial score (nSPS) is 31.9. The summed E-state index contributed by atoms with van der Waals surface area (Å²) in [5, 5.41) is 12.5. The van der Waals surface area contributed by atoms with Crippen molar-refractivity contribution >= 4 is 17.3 Å². The van der Waals surface area contributed by atoms with E-state index in [0.717, 1.165) is 5.92 Å². The molecule has 0 spiro atoms. The van der Waals surface area contributed by atoms with E-state index >= 15 is 0 Å². The number of aliphatic hydroxyl groups excluding tert-OH is 1. The average Bonchev–Trinajstić information content (AvgIpc) is 2.79. The van der Waals surface area contributed by atoms with Crippen LogP contribution < -0.4 is 16.2 Å². The van der Waals surface area contributed by atoms with Crippen LogP contribution >= 0.6 is 12.2 Å². The predicted octanol–water partition coefficient (Wildman–Crippen LogP) is -0.0880. The minimum Gasteiger partial charge on any atom is -0.395 e. The Morgan fingerprint density at radius 2 is 2.27 bits per heavy atom. The summed E-state index contributed by atoms with van der Waals surface area (Å²) in [5.74, 6) is 1.40. The molecule has 4 N–H and O–H groups in total. The fourth-order valence-corrected chi connectivity index (χ4v) is 2.57. The molecular formula is C10H17N3OS. The van der Waals surface area contributed by atoms with Gasteiger partial charge in [0.15, 0.2) is 5.11 Å². The van der Waals surface area contributed by atoms with Gasteiger partial charge in [0.1, 0.15) is 0 Å². The smallest absolute Gasteiger partial charge is 0.181 e. The zero-order valence-electron chi connectivity index (χ0n) is 8.57. The first-order chi connectivity index (χ1) is 7.29. The van der Waals surface area contributed by atoms with Crippen LogP contribution in [0.1, 0.15) is 12.8 Å². The van der Waals surface area contributed by atoms with Gasteiger partial charge in [0, 0.05) is 12.6 Å². The quantitative estimate of drug-likeness (QED) is 0.234. The third kappa shape index (κ3) is 2.68. The third-order valence-corrected chi connectivity index (χ3v) is 3.25. The number of thiocarbonyl (C=S) groups is 1. The number of rotatable bonds is 4. The Bertz CT molecular complexity index is 269. The van der Waals surface area contributed by atoms with E-state index in [1.54, 1.807) is 0 Å². The van der Waals surface area contributed by atoms with Gasteiger partial charge in [-0.25, -0.2) is 5.43 Å². The summed E-state index contributed by atoms with van der Waals surface area (Å²) in [5.41, 5.74) is 5.69. The Morgan fingerprint density at radius 1 is 1.40 bits per heavy atom. The maximum absolute atomic E-state index is 8.57. The Kier molecular flexibility index (Phi) is 3.56. The van der Waals surface area contributed by atoms with Crippen LogP contribution in [0.2, 0.25) is 0 Å². The Hall–Kier alpha value is -0.650. The number of hydrogen-bond acceptors (Lipinski definition) is 3. The predicted molar refractivity (Wildman–Crippen MR) is 63.1 cm³/mol. The summed E-state index contributed by atoms with van der Waals surface area (Å²) in [6.07, 6.45) is 7.05. The number of fused-ring (bicyclic) bond motifs is 2. The van der Waals surface area contributed by atoms with Crippen molar-refractivity contribution in [3.8, 4) is 0 Å². The molecule has 0 unspecified atom stereocenters. The molecule has 0 aromatic heterocycles. The molecule has 0 aromatic rings. The molecule has 0 aliphatic heterocycles. The zero-order valence-corrected chi connectivity index (χ0v) is 9.39. The van der Waals surface area contributed by atoms with E-state index in [9.17, 15) is 0 Å². The van der Waals surface area contributed by atoms with Crippen LogP contribution in [0.4, 0.5) is 0 Å². The first kappa shape index (κ1) is 10.9. The molecule has 0 aromatic carbocycles. The van der Waals surface area contributed by atoms with Crippen LogP contribution in [-0.4, -0.2) is 29.4 Å². The number of hydrogen-bond donors (Lipinski definition) is 4. The molecular weight excluding hydrogens is 210 g/mol. The minimum absolute atomic E-state index is 0.104. The first-order valence-corrected chi connectivity index (χ1v) is 5.79. The molecule has 2 bridgehead atoms. The highest BCUT2D eigenvalue weighted by atomic mass is 32.1. The van der Waals surface area contributed by atoms with Crippen LogP contribution in [0.3, 0.4) is 0 Å². The van der Waals surface area contributed by atoms with Gasteiger partial charge < -0.3 is 10.4 Å². The Labute approximate surface area is 95.1 Å². The summed E-state index contributed by atoms with van der Waals surface area (Å²) in [7, 11) is 0. The maximum Gasteiger partial charge on any atom is 0.181 e. The van der Waals surface area contributed by atoms with Gasteiger partial charge >= 0.3 is 0 Å². The van der Waals surface area contributed by atoms with E-state index in [1.165, 1.54) is 12.8 Å². The second kappa shape index (κ2) is 4.92. The number of nitrogens with one attached hydrogen (secondary N) is 3. The summed E-state index contributed by atoms with van der Waals surface area (Å²) in [6.45, 7) is 0.602. The van der Waals surface area contributed by atoms with E-state index < -0.39 is 0 Å². The highest BCUT2D eigenvalue weighted by Gasteiger charge is 2.35. The molecule has 4 nitrogen and oxygen atoms in total. The Morgan fingerprint density at radius 3 is 2.87 bits per heavy atom. The molecule has 0 amide bonds. The highest BCUT2D eigenvalue weighted by Crippen LogP contribution is 2.38. The fraction of sp³-hybridized carbons (Fsp3) is 0.700. The van der Waals surface area contributed by atoms with E-state index in [-0.39, 0.29) is 6.61 Å². The van der Waals surface area contributed by atoms with Crippen LogP contribution in [0.25, 0.3) is 0 Å². The summed E-state index contributed by atoms with van der Waals surface area (Å²) >= 11 is 5.13. The first-order valence-electron chi connectivity index (χ1n) is 5.38. The molecule has 2 aliphatic carbocycles. The van der Waals surface area contributed by atoms with Gasteiger partial charge in [0.05, 0.1) is 6.61 Å². The van der Waals surface area contributed by atoms with E-state index in [0.29, 0.717) is 23.6 Å². The topological polar surface area (TPSA) is 56.3 Å². The summed E-state index contributed by atoms with van der Waals surface area (Å²) in [6, 6.07) is 0.482. The van der Waals surface area contributed by atoms with Gasteiger partial charge in [0.2, 0.25) is 0 Å². The minimum atomic E-state index is 0.104. The molecule has 2 aliphatic rings. The molecule has 3 atom stereocenters. The molecule has 0 radical (unpaired) electrons. The van der Waals surface area contributed by atoms with Gasteiger partial charge in [-0.15, -0.1) is 0 Å². The largest absolute Gasteiger partial charge is 0.395 e. The molecule has 1 fully saturated rings. The van der Waals surface area contributed by atoms with Gasteiger partial charge in [-0.05, 0) is 36.9 Å². The second-order valence-corrected chi connectivity index (χ2v) is 4.54. The summed E-state index contributed by atoms with van der Waals surface area (Å²) < 4.78 is 0. The average molecular weight is 227 g/mol. The lowest BCUT2D eigenvalue weighted by Crippen LogP contribution is -2.49. The van der Waals surface area contributed by atoms with Crippen molar-refractivity contribution in [1.82, 2.24) is 16.2 Å². The third-order valence-electron chi connectivity index (χ3n) is 3.03. The lowest BCUT2D eigenvalue weighted by molar-refractivity contribution is 0.289. The van der Waals surface area contributed by atoms with Crippen molar-refractivity contribution in [2.45, 2.75) is 18.9 Å². The Balaban J connectivity index is 1.69. The van der Waals surface area contributed by atoms with Crippen LogP contribution in [0.15, 0.2) is 12.2 Å². The van der Waals surface area contributed by atoms with Crippen molar-refractivity contribution < 1.29 is 5.11 Å². The maximum atomic E-state index is 8.57. The molecule has 0 saturated heterocycles. The van der Waals surface area contributed by atoms with Gasteiger partial charge in [-0.3, -0.25) is 5.43 Å². The standard InChI is InChI=1S/C10H17N3OS/c14-4-3-11-13-10(15)12-9-6-7-1-2-8(9)5-7/h1-2,7-9,11,14H,3-6H2,(H2,12,13,15)/t7-,8+,9-/m0/s1. The van der Waals surface area contributed by atoms with Crippen molar-refractivity contribution in [3.05, 3.63) is 12.2 Å². The van der Waals surface area contributed by atoms with Crippen molar-refractivity contribution in [2.24, 2.45) is 11.8 Å². The van der Waals surface area contributed by atoms with Crippen LogP contribution in [0.5, 0.6) is 0 Å². The lowest BCUT2D eigenvalue weighted by atomic mass is 10.0. The fourth-order valence-electron chi connectivity index (χ4n) is 2.35. The zero-order chi connectivity index (χ0) is 10.7. The number of hydrazine groups is 1. The molecule has 2 rings (SSSR count). The molecule has 1 saturated carbocycles. The lowest BCUT2D eigenvalue weighted by Gasteiger charge is -2.21. The van der Waals surface area contributed by atoms with Crippen molar-refractivity contribution in [1.29, 1.82) is 0 Å². The molecule has 84 valence electrons. The van der Waals surface area contributed by atoms with Crippen molar-refractivity contribution in [2.75, 3.05) is 13.2 Å². The SMILES string of the molecule is OCCNNC(=S)N[C@H]1C[C@H]2C=C[C@@H]1C2. The highest BCUT2D eigenvalue weighted by molar-refractivity contribution is 7.80. The summed E-state index contributed by atoms with van der Waals surface area (Å²) in [4.78, 5) is 0. The van der Waals surface area contributed by atoms with Crippen molar-refractivity contribution in [3.63, 3.8) is 0 Å². The van der Waals surface area contributed by atoms with Gasteiger partial charge in [0.25, 0.3) is 0 Å². The van der Waals surface area contributed by atoms with Gasteiger partial charge in [-0.2, -0.15) is 0 Å². The monoisotopic (exact) mass is 227 g/mol.